The number of nitrogens with one attached hydrogen (secondary N) is 3. The van der Waals surface area contributed by atoms with Gasteiger partial charge >= 0.3 is 11.7 Å². The van der Waals surface area contributed by atoms with Gasteiger partial charge in [-0.05, 0) is 36.4 Å². The number of esters is 1. The summed E-state index contributed by atoms with van der Waals surface area (Å²) in [6.45, 7) is -0.540. The number of nitrogen functional groups attached to an aromatic ring is 1. The van der Waals surface area contributed by atoms with Crippen LogP contribution in [0, 0.1) is 11.2 Å². The number of benzene rings is 2. The Morgan fingerprint density at radius 2 is 1.92 bits per heavy atom. The monoisotopic (exact) mass is 522 g/mol. The van der Waals surface area contributed by atoms with E-state index in [2.05, 4.69) is 30.1 Å². The van der Waals surface area contributed by atoms with Gasteiger partial charge in [-0.1, -0.05) is 0 Å². The van der Waals surface area contributed by atoms with Gasteiger partial charge in [-0.15, -0.1) is 9.78 Å². The number of amidine groups is 1. The fourth-order valence-electron chi connectivity index (χ4n) is 3.43. The van der Waals surface area contributed by atoms with E-state index in [9.17, 15) is 9.59 Å². The molecule has 0 saturated heterocycles. The number of anilines is 1. The molecule has 38 heavy (non-hydrogen) atoms. The largest absolute Gasteiger partial charge is 0.497 e. The van der Waals surface area contributed by atoms with Crippen LogP contribution in [-0.2, 0) is 9.53 Å². The van der Waals surface area contributed by atoms with Crippen LogP contribution in [0.3, 0.4) is 0 Å². The first kappa shape index (κ1) is 25.8. The van der Waals surface area contributed by atoms with Crippen LogP contribution in [-0.4, -0.2) is 57.4 Å². The maximum absolute atomic E-state index is 15.8. The number of carbonyl (C=O) groups is 1. The fourth-order valence-corrected chi connectivity index (χ4v) is 3.43. The van der Waals surface area contributed by atoms with Crippen LogP contribution >= 0.6 is 0 Å². The lowest BCUT2D eigenvalue weighted by molar-refractivity contribution is -0.142. The Hall–Kier alpha value is -5.27. The molecule has 0 fully saturated rings. The highest BCUT2D eigenvalue weighted by molar-refractivity contribution is 5.95. The maximum Gasteiger partial charge on any atom is 0.350 e. The summed E-state index contributed by atoms with van der Waals surface area (Å²) in [6, 6.07) is 9.64. The third kappa shape index (κ3) is 5.59. The highest BCUT2D eigenvalue weighted by Gasteiger charge is 2.27. The van der Waals surface area contributed by atoms with Crippen LogP contribution < -0.4 is 26.2 Å². The minimum Gasteiger partial charge on any atom is -0.497 e. The zero-order valence-electron chi connectivity index (χ0n) is 20.3. The average Bonchev–Trinajstić information content (AvgIpc) is 3.33. The lowest BCUT2D eigenvalue weighted by Crippen LogP contribution is -2.18. The molecule has 0 bridgehead atoms. The first-order valence-corrected chi connectivity index (χ1v) is 11.1. The summed E-state index contributed by atoms with van der Waals surface area (Å²) in [7, 11) is 2.56. The zero-order valence-corrected chi connectivity index (χ0v) is 20.3. The Balaban J connectivity index is 1.82. The maximum atomic E-state index is 15.8. The van der Waals surface area contributed by atoms with Gasteiger partial charge in [0.1, 0.15) is 17.6 Å². The average molecular weight is 522 g/mol. The number of halogens is 1. The highest BCUT2D eigenvalue weighted by atomic mass is 19.1. The van der Waals surface area contributed by atoms with Gasteiger partial charge in [0.25, 0.3) is 5.95 Å². The number of carbonyl (C=O) groups excluding carboxylic acids is 1. The van der Waals surface area contributed by atoms with Crippen molar-refractivity contribution in [3.8, 4) is 17.4 Å². The molecular weight excluding hydrogens is 499 g/mol. The summed E-state index contributed by atoms with van der Waals surface area (Å²) in [4.78, 5) is 35.0. The molecule has 4 aromatic rings. The summed E-state index contributed by atoms with van der Waals surface area (Å²) < 4.78 is 32.0. The minimum absolute atomic E-state index is 0.0118. The van der Waals surface area contributed by atoms with E-state index in [1.807, 2.05) is 0 Å². The number of methoxy groups -OCH3 is 2. The summed E-state index contributed by atoms with van der Waals surface area (Å²) in [5, 5.41) is 15.0. The molecule has 0 spiro atoms. The second kappa shape index (κ2) is 11.2. The highest BCUT2D eigenvalue weighted by Crippen LogP contribution is 2.35. The molecule has 0 aliphatic rings. The zero-order chi connectivity index (χ0) is 27.2. The van der Waals surface area contributed by atoms with E-state index < -0.39 is 30.1 Å². The van der Waals surface area contributed by atoms with Gasteiger partial charge in [0.2, 0.25) is 0 Å². The standard InChI is InChI=1S/C24H23FN8O5/c1-36-15-10-16(19(25)17(11-15)38-12-18(34)37-2)20(30-14-6-4-13(5-7-14)21(26)27)22-31-24(35)33(32-22)23-28-8-3-9-29-23/h3-11,20,30H,12H2,1-2H3,(H3,26,27)(H,31,32,35). The van der Waals surface area contributed by atoms with Crippen molar-refractivity contribution in [2.45, 2.75) is 6.04 Å². The molecule has 0 saturated carbocycles. The van der Waals surface area contributed by atoms with Gasteiger partial charge in [-0.2, -0.15) is 0 Å². The van der Waals surface area contributed by atoms with E-state index >= 15 is 4.39 Å². The molecule has 14 heteroatoms. The number of hydrogen-bond acceptors (Lipinski definition) is 10. The van der Waals surface area contributed by atoms with Gasteiger partial charge in [-0.3, -0.25) is 10.4 Å². The van der Waals surface area contributed by atoms with Crippen molar-refractivity contribution in [1.29, 1.82) is 5.41 Å². The predicted octanol–water partition coefficient (Wildman–Crippen LogP) is 1.54. The SMILES string of the molecule is COC(=O)COc1cc(OC)cc(C(Nc2ccc(C(=N)N)cc2)c2nn(-c3ncccn3)c(=O)[nH]2)c1F. The first-order chi connectivity index (χ1) is 18.3. The van der Waals surface area contributed by atoms with Crippen LogP contribution in [0.2, 0.25) is 0 Å². The summed E-state index contributed by atoms with van der Waals surface area (Å²) in [6.07, 6.45) is 2.89. The predicted molar refractivity (Wildman–Crippen MR) is 133 cm³/mol. The second-order valence-electron chi connectivity index (χ2n) is 7.74. The number of aromatic nitrogens is 5. The van der Waals surface area contributed by atoms with Crippen LogP contribution in [0.1, 0.15) is 23.0 Å². The minimum atomic E-state index is -1.09. The van der Waals surface area contributed by atoms with Crippen LogP contribution in [0.25, 0.3) is 5.95 Å². The molecule has 5 N–H and O–H groups in total. The Bertz CT molecular complexity index is 1500. The summed E-state index contributed by atoms with van der Waals surface area (Å²) in [5.74, 6) is -1.70. The van der Waals surface area contributed by atoms with E-state index in [4.69, 9.17) is 20.6 Å². The fraction of sp³-hybridized carbons (Fsp3) is 0.167. The molecule has 0 amide bonds. The molecule has 4 rings (SSSR count). The normalized spacial score (nSPS) is 11.4. The van der Waals surface area contributed by atoms with Crippen molar-refractivity contribution in [3.63, 3.8) is 0 Å². The Kier molecular flexibility index (Phi) is 7.61. The smallest absolute Gasteiger partial charge is 0.350 e. The number of nitrogens with two attached hydrogens (primary N) is 1. The molecule has 1 unspecified atom stereocenters. The van der Waals surface area contributed by atoms with E-state index in [1.165, 1.54) is 38.7 Å². The van der Waals surface area contributed by atoms with E-state index in [1.54, 1.807) is 30.3 Å². The van der Waals surface area contributed by atoms with Crippen LogP contribution in [0.5, 0.6) is 11.5 Å². The van der Waals surface area contributed by atoms with Crippen LogP contribution in [0.4, 0.5) is 10.1 Å². The summed E-state index contributed by atoms with van der Waals surface area (Å²) >= 11 is 0. The van der Waals surface area contributed by atoms with E-state index in [-0.39, 0.29) is 34.7 Å². The molecule has 0 aliphatic carbocycles. The molecule has 0 radical (unpaired) electrons. The second-order valence-corrected chi connectivity index (χ2v) is 7.74. The lowest BCUT2D eigenvalue weighted by Gasteiger charge is -2.21. The number of rotatable bonds is 10. The number of ether oxygens (including phenoxy) is 3. The van der Waals surface area contributed by atoms with Gasteiger partial charge in [-0.25, -0.2) is 23.9 Å². The van der Waals surface area contributed by atoms with Gasteiger partial charge in [0.15, 0.2) is 24.0 Å². The molecule has 2 aromatic heterocycles. The van der Waals surface area contributed by atoms with Crippen molar-refractivity contribution in [2.24, 2.45) is 5.73 Å². The summed E-state index contributed by atoms with van der Waals surface area (Å²) in [5.41, 5.74) is 5.84. The van der Waals surface area contributed by atoms with E-state index in [0.29, 0.717) is 11.3 Å². The van der Waals surface area contributed by atoms with Gasteiger partial charge < -0.3 is 25.3 Å². The molecule has 2 heterocycles. The topological polar surface area (TPSA) is 183 Å². The van der Waals surface area contributed by atoms with Gasteiger partial charge in [0, 0.05) is 35.3 Å². The molecule has 0 aliphatic heterocycles. The van der Waals surface area contributed by atoms with Crippen molar-refractivity contribution in [1.82, 2.24) is 24.7 Å². The first-order valence-electron chi connectivity index (χ1n) is 11.1. The van der Waals surface area contributed by atoms with Crippen molar-refractivity contribution in [3.05, 3.63) is 88.1 Å². The van der Waals surface area contributed by atoms with Crippen molar-refractivity contribution >= 4 is 17.5 Å². The van der Waals surface area contributed by atoms with Crippen LogP contribution in [0.15, 0.2) is 59.7 Å². The lowest BCUT2D eigenvalue weighted by atomic mass is 10.0. The molecule has 196 valence electrons. The number of nitrogens with zero attached hydrogens (tertiary/aromatic N) is 4. The van der Waals surface area contributed by atoms with Crippen molar-refractivity contribution < 1.29 is 23.4 Å². The quantitative estimate of drug-likeness (QED) is 0.135. The number of aromatic amines is 1. The number of H-pyrrole nitrogens is 1. The van der Waals surface area contributed by atoms with E-state index in [0.717, 1.165) is 4.68 Å². The Morgan fingerprint density at radius 3 is 2.55 bits per heavy atom. The van der Waals surface area contributed by atoms with Gasteiger partial charge in [0.05, 0.1) is 14.2 Å². The third-order valence-corrected chi connectivity index (χ3v) is 5.32. The number of hydrogen-bond donors (Lipinski definition) is 4. The molecule has 1 atom stereocenters. The molecular formula is C24H23FN8O5. The van der Waals surface area contributed by atoms with Crippen molar-refractivity contribution in [2.75, 3.05) is 26.1 Å². The molecule has 13 nitrogen and oxygen atoms in total. The third-order valence-electron chi connectivity index (χ3n) is 5.32. The molecule has 2 aromatic carbocycles. The Morgan fingerprint density at radius 1 is 1.21 bits per heavy atom. The Labute approximate surface area is 214 Å².